The summed E-state index contributed by atoms with van der Waals surface area (Å²) < 4.78 is 12.2. The molecule has 5 aromatic carbocycles. The van der Waals surface area contributed by atoms with Gasteiger partial charge in [0, 0.05) is 32.5 Å². The summed E-state index contributed by atoms with van der Waals surface area (Å²) in [6.45, 7) is 21.8. The van der Waals surface area contributed by atoms with Crippen LogP contribution in [0.15, 0.2) is 152 Å². The van der Waals surface area contributed by atoms with Gasteiger partial charge in [0.15, 0.2) is 0 Å². The molecule has 4 nitrogen and oxygen atoms in total. The minimum absolute atomic E-state index is 0. The zero-order chi connectivity index (χ0) is 42.0. The first-order chi connectivity index (χ1) is 28.0. The van der Waals surface area contributed by atoms with Crippen molar-refractivity contribution >= 4 is 12.6 Å². The number of hydrogen-bond acceptors (Lipinski definition) is 4. The summed E-state index contributed by atoms with van der Waals surface area (Å²) in [5.41, 5.74) is 14.3. The molecule has 1 radical (unpaired) electrons. The number of aromatic nitrogens is 2. The minimum Gasteiger partial charge on any atom is -0.400 e. The summed E-state index contributed by atoms with van der Waals surface area (Å²) in [5.74, 6) is 0. The Morgan fingerprint density at radius 1 is 0.467 bits per heavy atom. The van der Waals surface area contributed by atoms with Crippen LogP contribution in [0.1, 0.15) is 80.4 Å². The number of benzene rings is 5. The number of nitrogens with zero attached hydrogens (tertiary/aromatic N) is 2. The van der Waals surface area contributed by atoms with Crippen molar-refractivity contribution in [3.63, 3.8) is 0 Å². The summed E-state index contributed by atoms with van der Waals surface area (Å²) >= 11 is 0. The van der Waals surface area contributed by atoms with Crippen molar-refractivity contribution in [3.05, 3.63) is 175 Å². The van der Waals surface area contributed by atoms with Crippen molar-refractivity contribution < 1.29 is 29.4 Å². The quantitative estimate of drug-likeness (QED) is 0.123. The van der Waals surface area contributed by atoms with Crippen molar-refractivity contribution in [2.45, 2.75) is 91.3 Å². The van der Waals surface area contributed by atoms with Gasteiger partial charge in [-0.25, -0.2) is 0 Å². The van der Waals surface area contributed by atoms with Crippen LogP contribution in [0.2, 0.25) is 0 Å². The fraction of sp³-hybridized carbons (Fsp3) is 0.259. The van der Waals surface area contributed by atoms with E-state index in [-0.39, 0.29) is 49.3 Å². The van der Waals surface area contributed by atoms with Crippen molar-refractivity contribution in [1.82, 2.24) is 9.97 Å². The van der Waals surface area contributed by atoms with Gasteiger partial charge in [-0.15, -0.1) is 70.7 Å². The van der Waals surface area contributed by atoms with E-state index in [4.69, 9.17) is 9.31 Å². The summed E-state index contributed by atoms with van der Waals surface area (Å²) in [5, 5.41) is 0. The summed E-state index contributed by atoms with van der Waals surface area (Å²) in [7, 11) is -0.355. The third kappa shape index (κ3) is 10.3. The second-order valence-electron chi connectivity index (χ2n) is 18.5. The number of pyridine rings is 2. The molecule has 0 saturated carbocycles. The average molecular weight is 967 g/mol. The molecule has 0 spiro atoms. The third-order valence-corrected chi connectivity index (χ3v) is 11.5. The first-order valence-electron chi connectivity index (χ1n) is 20.6. The van der Waals surface area contributed by atoms with Crippen LogP contribution < -0.4 is 5.46 Å². The van der Waals surface area contributed by atoms with E-state index < -0.39 is 0 Å². The Bertz CT molecular complexity index is 2410. The molecule has 1 aliphatic heterocycles. The fourth-order valence-electron chi connectivity index (χ4n) is 7.05. The second-order valence-corrected chi connectivity index (χ2v) is 18.5. The average Bonchev–Trinajstić information content (AvgIpc) is 3.46. The van der Waals surface area contributed by atoms with Crippen LogP contribution >= 0.6 is 0 Å². The van der Waals surface area contributed by atoms with Crippen molar-refractivity contribution in [1.29, 1.82) is 0 Å². The van der Waals surface area contributed by atoms with Gasteiger partial charge in [-0.05, 0) is 119 Å². The van der Waals surface area contributed by atoms with Crippen LogP contribution in [-0.2, 0) is 40.2 Å². The smallest absolute Gasteiger partial charge is 0.400 e. The maximum Gasteiger partial charge on any atom is 0.475 e. The first kappa shape index (κ1) is 44.6. The maximum atomic E-state index is 6.08. The van der Waals surface area contributed by atoms with E-state index in [0.29, 0.717) is 0 Å². The molecular formula is C54H55BIrN2O2-2. The normalized spacial score (nSPS) is 14.5. The van der Waals surface area contributed by atoms with Gasteiger partial charge in [-0.1, -0.05) is 114 Å². The monoisotopic (exact) mass is 967 g/mol. The molecule has 3 heterocycles. The largest absolute Gasteiger partial charge is 0.475 e. The van der Waals surface area contributed by atoms with Gasteiger partial charge in [0.1, 0.15) is 0 Å². The predicted molar refractivity (Wildman–Crippen MR) is 246 cm³/mol. The summed E-state index contributed by atoms with van der Waals surface area (Å²) in [6, 6.07) is 55.6. The van der Waals surface area contributed by atoms with Crippen LogP contribution in [-0.4, -0.2) is 28.3 Å². The van der Waals surface area contributed by atoms with E-state index in [1.165, 1.54) is 38.9 Å². The van der Waals surface area contributed by atoms with E-state index in [2.05, 4.69) is 170 Å². The van der Waals surface area contributed by atoms with Gasteiger partial charge < -0.3 is 19.3 Å². The molecule has 8 rings (SSSR count). The third-order valence-electron chi connectivity index (χ3n) is 11.5. The molecule has 7 aromatic rings. The summed E-state index contributed by atoms with van der Waals surface area (Å²) in [6.07, 6.45) is 3.61. The second kappa shape index (κ2) is 17.9. The van der Waals surface area contributed by atoms with Crippen LogP contribution in [0.5, 0.6) is 0 Å². The molecule has 307 valence electrons. The van der Waals surface area contributed by atoms with Gasteiger partial charge in [-0.2, -0.15) is 0 Å². The predicted octanol–water partition coefficient (Wildman–Crippen LogP) is 13.0. The minimum atomic E-state index is -0.355. The van der Waals surface area contributed by atoms with E-state index in [1.54, 1.807) is 6.20 Å². The standard InChI is InChI=1S/C37H36N.C17H19BNO2.Ir/c1-36(2,3)33-17-13-26(14-18-33)30-23-31(27-15-19-34(20-16-27)37(4,5)6)25-32(24-30)28-10-9-11-29(22-28)35-12-7-8-21-38-35;1-16(2)17(3,4)21-18(20-16)14-9-7-8-13(12-14)15-10-5-6-11-19-15;/h7-10,12-25H,1-6H3;5-7,9-12H,1-4H3;/q2*-1;. The maximum absolute atomic E-state index is 6.08. The fourth-order valence-corrected chi connectivity index (χ4v) is 7.05. The molecular weight excluding hydrogens is 912 g/mol. The van der Waals surface area contributed by atoms with Crippen molar-refractivity contribution in [3.8, 4) is 55.9 Å². The van der Waals surface area contributed by atoms with Crippen molar-refractivity contribution in [2.24, 2.45) is 0 Å². The zero-order valence-corrected chi connectivity index (χ0v) is 39.0. The molecule has 0 aliphatic carbocycles. The molecule has 60 heavy (non-hydrogen) atoms. The Hall–Kier alpha value is -4.97. The van der Waals surface area contributed by atoms with E-state index >= 15 is 0 Å². The van der Waals surface area contributed by atoms with Gasteiger partial charge in [0.05, 0.1) is 11.2 Å². The first-order valence-corrected chi connectivity index (χ1v) is 20.6. The molecule has 1 aliphatic rings. The molecule has 0 unspecified atom stereocenters. The van der Waals surface area contributed by atoms with E-state index in [0.717, 1.165) is 33.5 Å². The Morgan fingerprint density at radius 2 is 0.883 bits per heavy atom. The molecule has 1 saturated heterocycles. The van der Waals surface area contributed by atoms with Gasteiger partial charge in [0.25, 0.3) is 0 Å². The summed E-state index contributed by atoms with van der Waals surface area (Å²) in [4.78, 5) is 8.90. The van der Waals surface area contributed by atoms with E-state index in [9.17, 15) is 0 Å². The van der Waals surface area contributed by atoms with Gasteiger partial charge >= 0.3 is 7.12 Å². The molecule has 0 amide bonds. The van der Waals surface area contributed by atoms with Crippen molar-refractivity contribution in [2.75, 3.05) is 0 Å². The van der Waals surface area contributed by atoms with Crippen LogP contribution in [0.25, 0.3) is 55.9 Å². The molecule has 0 bridgehead atoms. The van der Waals surface area contributed by atoms with Crippen LogP contribution in [0, 0.1) is 12.1 Å². The molecule has 1 fully saturated rings. The zero-order valence-electron chi connectivity index (χ0n) is 36.6. The molecule has 6 heteroatoms. The molecule has 2 aromatic heterocycles. The Labute approximate surface area is 372 Å². The SMILES string of the molecule is CC(C)(C)c1ccc(-c2cc(-c3ccc(C(C)(C)C)cc3)cc(-c3cc[c-]c(-c4ccccn4)c3)c2)cc1.CC1(C)OB(c2cc[c-]c(-c3ccccn3)c2)OC1(C)C.[Ir]. The van der Waals surface area contributed by atoms with E-state index in [1.807, 2.05) is 66.9 Å². The number of hydrogen-bond donors (Lipinski definition) is 0. The Morgan fingerprint density at radius 3 is 1.30 bits per heavy atom. The van der Waals surface area contributed by atoms with Crippen LogP contribution in [0.3, 0.4) is 0 Å². The molecule has 0 N–H and O–H groups in total. The van der Waals surface area contributed by atoms with Crippen LogP contribution in [0.4, 0.5) is 0 Å². The topological polar surface area (TPSA) is 44.2 Å². The number of rotatable bonds is 6. The Kier molecular flexibility index (Phi) is 13.3. The Balaban J connectivity index is 0.000000232. The van der Waals surface area contributed by atoms with Gasteiger partial charge in [-0.3, -0.25) is 0 Å². The molecule has 0 atom stereocenters. The van der Waals surface area contributed by atoms with Gasteiger partial charge in [0.2, 0.25) is 0 Å².